The molecule has 0 unspecified atom stereocenters. The van der Waals surface area contributed by atoms with Gasteiger partial charge in [0, 0.05) is 5.56 Å². The van der Waals surface area contributed by atoms with Crippen LogP contribution in [0.15, 0.2) is 53.9 Å². The molecule has 0 amide bonds. The molecular formula is C16H16FNO2S. The van der Waals surface area contributed by atoms with E-state index < -0.39 is 15.8 Å². The summed E-state index contributed by atoms with van der Waals surface area (Å²) in [4.78, 5) is 0.130. The van der Waals surface area contributed by atoms with Crippen LogP contribution in [-0.4, -0.2) is 8.42 Å². The number of rotatable bonds is 4. The zero-order valence-electron chi connectivity index (χ0n) is 11.9. The second kappa shape index (κ2) is 5.69. The fraction of sp³-hybridized carbons (Fsp3) is 0.125. The van der Waals surface area contributed by atoms with Crippen molar-refractivity contribution in [3.05, 3.63) is 66.0 Å². The molecule has 0 fully saturated rings. The van der Waals surface area contributed by atoms with Crippen LogP contribution in [0.25, 0.3) is 5.57 Å². The van der Waals surface area contributed by atoms with E-state index in [4.69, 9.17) is 0 Å². The molecule has 0 heterocycles. The summed E-state index contributed by atoms with van der Waals surface area (Å²) in [6.07, 6.45) is 0. The number of hydrogen-bond acceptors (Lipinski definition) is 2. The van der Waals surface area contributed by atoms with Crippen LogP contribution < -0.4 is 4.72 Å². The van der Waals surface area contributed by atoms with E-state index in [1.165, 1.54) is 24.3 Å². The van der Waals surface area contributed by atoms with Crippen molar-refractivity contribution in [2.24, 2.45) is 0 Å². The Kier molecular flexibility index (Phi) is 4.14. The van der Waals surface area contributed by atoms with Crippen LogP contribution in [0.5, 0.6) is 0 Å². The summed E-state index contributed by atoms with van der Waals surface area (Å²) in [5.41, 5.74) is 2.36. The van der Waals surface area contributed by atoms with Gasteiger partial charge in [-0.1, -0.05) is 24.3 Å². The van der Waals surface area contributed by atoms with Crippen LogP contribution in [0.2, 0.25) is 0 Å². The lowest BCUT2D eigenvalue weighted by Gasteiger charge is -2.13. The Balaban J connectivity index is 2.43. The van der Waals surface area contributed by atoms with Crippen LogP contribution in [0.3, 0.4) is 0 Å². The number of halogens is 1. The summed E-state index contributed by atoms with van der Waals surface area (Å²) in [7, 11) is -3.76. The Bertz CT molecular complexity index is 780. The Hall–Kier alpha value is -2.14. The van der Waals surface area contributed by atoms with Gasteiger partial charge in [-0.15, -0.1) is 0 Å². The standard InChI is InChI=1S/C16H16FNO2S/c1-11(2)15-9-6-13(17)10-16(15)18-21(19,20)14-7-4-12(3)5-8-14/h4-10,18H,1H2,2-3H3. The minimum Gasteiger partial charge on any atom is -0.279 e. The van der Waals surface area contributed by atoms with Crippen LogP contribution in [0.1, 0.15) is 18.1 Å². The third-order valence-corrected chi connectivity index (χ3v) is 4.40. The fourth-order valence-electron chi connectivity index (χ4n) is 1.89. The van der Waals surface area contributed by atoms with Gasteiger partial charge in [0.25, 0.3) is 10.0 Å². The summed E-state index contributed by atoms with van der Waals surface area (Å²) in [5, 5.41) is 0. The molecular weight excluding hydrogens is 289 g/mol. The molecule has 0 aliphatic heterocycles. The lowest BCUT2D eigenvalue weighted by molar-refractivity contribution is 0.601. The molecule has 21 heavy (non-hydrogen) atoms. The van der Waals surface area contributed by atoms with Gasteiger partial charge >= 0.3 is 0 Å². The molecule has 0 saturated carbocycles. The van der Waals surface area contributed by atoms with Crippen molar-refractivity contribution in [1.29, 1.82) is 0 Å². The third kappa shape index (κ3) is 3.49. The predicted octanol–water partition coefficient (Wildman–Crippen LogP) is 3.97. The van der Waals surface area contributed by atoms with Gasteiger partial charge in [-0.3, -0.25) is 4.72 Å². The summed E-state index contributed by atoms with van der Waals surface area (Å²) in [5.74, 6) is -0.512. The molecule has 110 valence electrons. The van der Waals surface area contributed by atoms with E-state index in [1.807, 2.05) is 6.92 Å². The molecule has 0 saturated heterocycles. The molecule has 2 rings (SSSR count). The van der Waals surface area contributed by atoms with Gasteiger partial charge in [0.05, 0.1) is 10.6 Å². The topological polar surface area (TPSA) is 46.2 Å². The van der Waals surface area contributed by atoms with Gasteiger partial charge in [0.1, 0.15) is 5.82 Å². The first-order valence-corrected chi connectivity index (χ1v) is 7.83. The average molecular weight is 305 g/mol. The number of allylic oxidation sites excluding steroid dienone is 1. The van der Waals surface area contributed by atoms with Crippen LogP contribution in [0.4, 0.5) is 10.1 Å². The first kappa shape index (κ1) is 15.3. The summed E-state index contributed by atoms with van der Waals surface area (Å²) < 4.78 is 40.5. The smallest absolute Gasteiger partial charge is 0.261 e. The maximum absolute atomic E-state index is 13.4. The molecule has 0 atom stereocenters. The lowest BCUT2D eigenvalue weighted by atomic mass is 10.1. The number of benzene rings is 2. The number of hydrogen-bond donors (Lipinski definition) is 1. The first-order valence-electron chi connectivity index (χ1n) is 6.34. The third-order valence-electron chi connectivity index (χ3n) is 3.02. The van der Waals surface area contributed by atoms with Gasteiger partial charge in [-0.25, -0.2) is 12.8 Å². The van der Waals surface area contributed by atoms with E-state index in [2.05, 4.69) is 11.3 Å². The monoisotopic (exact) mass is 305 g/mol. The molecule has 1 N–H and O–H groups in total. The van der Waals surface area contributed by atoms with Crippen LogP contribution in [-0.2, 0) is 10.0 Å². The molecule has 0 spiro atoms. The predicted molar refractivity (Wildman–Crippen MR) is 83.1 cm³/mol. The van der Waals surface area contributed by atoms with E-state index in [9.17, 15) is 12.8 Å². The highest BCUT2D eigenvalue weighted by Gasteiger charge is 2.16. The van der Waals surface area contributed by atoms with Crippen molar-refractivity contribution < 1.29 is 12.8 Å². The molecule has 2 aromatic carbocycles. The normalized spacial score (nSPS) is 11.2. The Morgan fingerprint density at radius 3 is 2.33 bits per heavy atom. The molecule has 5 heteroatoms. The van der Waals surface area contributed by atoms with E-state index in [1.54, 1.807) is 19.1 Å². The van der Waals surface area contributed by atoms with Crippen molar-refractivity contribution in [3.8, 4) is 0 Å². The zero-order valence-corrected chi connectivity index (χ0v) is 12.7. The van der Waals surface area contributed by atoms with Crippen molar-refractivity contribution in [2.75, 3.05) is 4.72 Å². The van der Waals surface area contributed by atoms with Gasteiger partial charge in [0.2, 0.25) is 0 Å². The minimum absolute atomic E-state index is 0.130. The highest BCUT2D eigenvalue weighted by molar-refractivity contribution is 7.92. The molecule has 0 radical (unpaired) electrons. The minimum atomic E-state index is -3.76. The average Bonchev–Trinajstić information content (AvgIpc) is 2.38. The van der Waals surface area contributed by atoms with Crippen molar-refractivity contribution in [3.63, 3.8) is 0 Å². The number of aryl methyl sites for hydroxylation is 1. The largest absolute Gasteiger partial charge is 0.279 e. The summed E-state index contributed by atoms with van der Waals surface area (Å²) in [6.45, 7) is 7.38. The molecule has 0 aliphatic rings. The lowest BCUT2D eigenvalue weighted by Crippen LogP contribution is -2.14. The number of sulfonamides is 1. The van der Waals surface area contributed by atoms with E-state index in [-0.39, 0.29) is 10.6 Å². The van der Waals surface area contributed by atoms with Crippen molar-refractivity contribution in [1.82, 2.24) is 0 Å². The summed E-state index contributed by atoms with van der Waals surface area (Å²) >= 11 is 0. The first-order chi connectivity index (χ1) is 9.79. The van der Waals surface area contributed by atoms with Gasteiger partial charge < -0.3 is 0 Å². The quantitative estimate of drug-likeness (QED) is 0.929. The van der Waals surface area contributed by atoms with Crippen molar-refractivity contribution >= 4 is 21.3 Å². The second-order valence-electron chi connectivity index (χ2n) is 4.89. The van der Waals surface area contributed by atoms with Crippen LogP contribution in [0, 0.1) is 12.7 Å². The van der Waals surface area contributed by atoms with Gasteiger partial charge in [-0.05, 0) is 49.8 Å². The fourth-order valence-corrected chi connectivity index (χ4v) is 2.96. The van der Waals surface area contributed by atoms with Crippen LogP contribution >= 0.6 is 0 Å². The molecule has 3 nitrogen and oxygen atoms in total. The van der Waals surface area contributed by atoms with E-state index in [0.29, 0.717) is 11.1 Å². The van der Waals surface area contributed by atoms with Gasteiger partial charge in [0.15, 0.2) is 0 Å². The summed E-state index contributed by atoms with van der Waals surface area (Å²) in [6, 6.07) is 10.4. The zero-order chi connectivity index (χ0) is 15.6. The molecule has 2 aromatic rings. The highest BCUT2D eigenvalue weighted by atomic mass is 32.2. The Morgan fingerprint density at radius 2 is 1.76 bits per heavy atom. The second-order valence-corrected chi connectivity index (χ2v) is 6.57. The number of anilines is 1. The Morgan fingerprint density at radius 1 is 1.14 bits per heavy atom. The molecule has 0 aliphatic carbocycles. The number of nitrogens with one attached hydrogen (secondary N) is 1. The van der Waals surface area contributed by atoms with E-state index in [0.717, 1.165) is 11.6 Å². The van der Waals surface area contributed by atoms with E-state index >= 15 is 0 Å². The van der Waals surface area contributed by atoms with Gasteiger partial charge in [-0.2, -0.15) is 0 Å². The maximum atomic E-state index is 13.4. The molecule has 0 aromatic heterocycles. The molecule has 0 bridgehead atoms. The maximum Gasteiger partial charge on any atom is 0.261 e. The highest BCUT2D eigenvalue weighted by Crippen LogP contribution is 2.26. The SMILES string of the molecule is C=C(C)c1ccc(F)cc1NS(=O)(=O)c1ccc(C)cc1. The Labute approximate surface area is 124 Å². The van der Waals surface area contributed by atoms with Crippen molar-refractivity contribution in [2.45, 2.75) is 18.7 Å².